The van der Waals surface area contributed by atoms with Crippen molar-refractivity contribution in [1.82, 2.24) is 0 Å². The number of carboxylic acid groups (broad SMARTS) is 1. The van der Waals surface area contributed by atoms with Crippen molar-refractivity contribution in [1.29, 1.82) is 0 Å². The molecule has 0 saturated heterocycles. The van der Waals surface area contributed by atoms with Gasteiger partial charge in [-0.1, -0.05) is 94.1 Å². The Morgan fingerprint density at radius 1 is 0.887 bits per heavy atom. The molecule has 1 atom stereocenters. The van der Waals surface area contributed by atoms with Crippen molar-refractivity contribution in [2.24, 2.45) is 0 Å². The maximum atomic E-state index is 11.7. The predicted molar refractivity (Wildman–Crippen MR) is 230 cm³/mol. The van der Waals surface area contributed by atoms with E-state index in [2.05, 4.69) is 136 Å². The minimum absolute atomic E-state index is 0.0438. The van der Waals surface area contributed by atoms with Crippen LogP contribution < -0.4 is 9.80 Å². The van der Waals surface area contributed by atoms with Crippen LogP contribution in [0.25, 0.3) is 0 Å². The van der Waals surface area contributed by atoms with Gasteiger partial charge in [0, 0.05) is 50.8 Å². The van der Waals surface area contributed by atoms with Crippen molar-refractivity contribution in [2.75, 3.05) is 35.2 Å². The van der Waals surface area contributed by atoms with Gasteiger partial charge in [0.15, 0.2) is 0 Å². The first-order valence-electron chi connectivity index (χ1n) is 19.0. The Bertz CT molecular complexity index is 1890. The van der Waals surface area contributed by atoms with Gasteiger partial charge in [-0.15, -0.1) is 0 Å². The molecular weight excluding hydrogens is 713 g/mol. The average molecular weight is 767 g/mol. The second kappa shape index (κ2) is 17.4. The van der Waals surface area contributed by atoms with E-state index in [1.165, 1.54) is 44.3 Å². The molecule has 0 bridgehead atoms. The SMILES string of the molecule is CC1(C)/C(=C\C=C2/CCCC(/C=C/C3N(CCCCS)c4ccccc4C3(C)C)=C2Sc2ccc(C(=O)O)cc2)N(CCCCOS)c2ccccc21. The van der Waals surface area contributed by atoms with Gasteiger partial charge in [0.1, 0.15) is 0 Å². The number of carbonyl (C=O) groups is 1. The molecule has 0 aromatic heterocycles. The first-order valence-corrected chi connectivity index (χ1v) is 20.8. The number of hydrogen-bond acceptors (Lipinski definition) is 7. The highest BCUT2D eigenvalue weighted by atomic mass is 32.2. The highest BCUT2D eigenvalue weighted by molar-refractivity contribution is 8.03. The van der Waals surface area contributed by atoms with E-state index < -0.39 is 5.97 Å². The van der Waals surface area contributed by atoms with Gasteiger partial charge in [-0.3, -0.25) is 0 Å². The topological polar surface area (TPSA) is 53.0 Å². The summed E-state index contributed by atoms with van der Waals surface area (Å²) in [6, 6.07) is 25.2. The predicted octanol–water partition coefficient (Wildman–Crippen LogP) is 11.6. The van der Waals surface area contributed by atoms with E-state index in [-0.39, 0.29) is 16.9 Å². The van der Waals surface area contributed by atoms with Crippen LogP contribution in [0.15, 0.2) is 124 Å². The summed E-state index contributed by atoms with van der Waals surface area (Å²) < 4.78 is 5.07. The number of fused-ring (bicyclic) bond motifs is 2. The molecule has 3 aromatic rings. The van der Waals surface area contributed by atoms with Gasteiger partial charge in [-0.2, -0.15) is 12.6 Å². The summed E-state index contributed by atoms with van der Waals surface area (Å²) >= 11 is 10.2. The zero-order chi connectivity index (χ0) is 37.6. The number of carboxylic acids is 1. The lowest BCUT2D eigenvalue weighted by atomic mass is 9.80. The van der Waals surface area contributed by atoms with Gasteiger partial charge in [-0.05, 0) is 128 Å². The Hall–Kier alpha value is -3.30. The van der Waals surface area contributed by atoms with E-state index in [0.29, 0.717) is 12.2 Å². The van der Waals surface area contributed by atoms with E-state index in [1.807, 2.05) is 12.1 Å². The lowest BCUT2D eigenvalue weighted by molar-refractivity contribution is 0.0696. The van der Waals surface area contributed by atoms with Crippen LogP contribution in [0.4, 0.5) is 11.4 Å². The molecule has 0 spiro atoms. The minimum atomic E-state index is -0.906. The van der Waals surface area contributed by atoms with Crippen molar-refractivity contribution in [3.05, 3.63) is 136 Å². The minimum Gasteiger partial charge on any atom is -0.478 e. The normalized spacial score (nSPS) is 20.5. The second-order valence-electron chi connectivity index (χ2n) is 15.4. The number of unbranched alkanes of at least 4 members (excludes halogenated alkanes) is 2. The van der Waals surface area contributed by atoms with Crippen molar-refractivity contribution < 1.29 is 14.1 Å². The summed E-state index contributed by atoms with van der Waals surface area (Å²) in [5.41, 5.74) is 9.46. The lowest BCUT2D eigenvalue weighted by Gasteiger charge is -2.33. The summed E-state index contributed by atoms with van der Waals surface area (Å²) in [6.07, 6.45) is 16.8. The van der Waals surface area contributed by atoms with E-state index in [0.717, 1.165) is 68.7 Å². The lowest BCUT2D eigenvalue weighted by Crippen LogP contribution is -2.40. The van der Waals surface area contributed by atoms with Crippen LogP contribution in [0, 0.1) is 0 Å². The highest BCUT2D eigenvalue weighted by Gasteiger charge is 2.43. The molecule has 2 heterocycles. The Kier molecular flexibility index (Phi) is 13.0. The van der Waals surface area contributed by atoms with Crippen molar-refractivity contribution >= 4 is 54.6 Å². The Balaban J connectivity index is 1.40. The zero-order valence-corrected chi connectivity index (χ0v) is 34.2. The first-order chi connectivity index (χ1) is 25.6. The third-order valence-electron chi connectivity index (χ3n) is 11.2. The van der Waals surface area contributed by atoms with Gasteiger partial charge in [-0.25, -0.2) is 4.79 Å². The number of thiol groups is 2. The molecule has 6 rings (SSSR count). The number of benzene rings is 3. The van der Waals surface area contributed by atoms with Crippen LogP contribution in [-0.4, -0.2) is 42.6 Å². The maximum Gasteiger partial charge on any atom is 0.335 e. The molecule has 3 aromatic carbocycles. The maximum absolute atomic E-state index is 11.7. The number of para-hydroxylation sites is 2. The summed E-state index contributed by atoms with van der Waals surface area (Å²) in [4.78, 5) is 19.1. The zero-order valence-electron chi connectivity index (χ0n) is 31.6. The fourth-order valence-electron chi connectivity index (χ4n) is 8.31. The summed E-state index contributed by atoms with van der Waals surface area (Å²) in [6.45, 7) is 12.0. The van der Waals surface area contributed by atoms with E-state index >= 15 is 0 Å². The van der Waals surface area contributed by atoms with E-state index in [1.54, 1.807) is 23.9 Å². The van der Waals surface area contributed by atoms with Gasteiger partial charge >= 0.3 is 5.97 Å². The van der Waals surface area contributed by atoms with Gasteiger partial charge in [0.05, 0.1) is 18.2 Å². The van der Waals surface area contributed by atoms with Crippen LogP contribution in [0.3, 0.4) is 0 Å². The van der Waals surface area contributed by atoms with Crippen molar-refractivity contribution in [3.8, 4) is 0 Å². The molecule has 280 valence electrons. The molecule has 0 amide bonds. The number of rotatable bonds is 15. The standard InChI is InChI=1S/C45H54N2O3S3/c1-44(2)36-16-5-7-18-38(36)46(28-9-11-30-50-52)40(44)26-22-32-14-13-15-33(42(32)53-35-24-20-34(21-25-35)43(48)49)23-27-41-45(3,4)37-17-6-8-19-39(37)47(41)29-10-12-31-51/h5-8,16-27,41,51-52H,9-15,28-31H2,1-4H3,(H,48,49)/b27-23+,32-22+,40-26+. The molecule has 1 unspecified atom stereocenters. The smallest absolute Gasteiger partial charge is 0.335 e. The van der Waals surface area contributed by atoms with Crippen LogP contribution in [-0.2, 0) is 15.0 Å². The molecule has 1 aliphatic carbocycles. The highest BCUT2D eigenvalue weighted by Crippen LogP contribution is 2.49. The van der Waals surface area contributed by atoms with E-state index in [9.17, 15) is 9.90 Å². The van der Waals surface area contributed by atoms with Crippen LogP contribution in [0.5, 0.6) is 0 Å². The number of hydrogen-bond donors (Lipinski definition) is 3. The van der Waals surface area contributed by atoms with Crippen molar-refractivity contribution in [3.63, 3.8) is 0 Å². The molecule has 53 heavy (non-hydrogen) atoms. The van der Waals surface area contributed by atoms with Gasteiger partial charge < -0.3 is 19.1 Å². The summed E-state index contributed by atoms with van der Waals surface area (Å²) in [5.74, 6) is -0.00584. The summed E-state index contributed by atoms with van der Waals surface area (Å²) in [5, 5.41) is 9.57. The number of anilines is 2. The number of aromatic carboxylic acids is 1. The molecule has 0 radical (unpaired) electrons. The Morgan fingerprint density at radius 2 is 1.58 bits per heavy atom. The third kappa shape index (κ3) is 8.51. The van der Waals surface area contributed by atoms with Gasteiger partial charge in [0.25, 0.3) is 0 Å². The number of thioether (sulfide) groups is 1. The second-order valence-corrected chi connectivity index (χ2v) is 17.2. The molecular formula is C45H54N2O3S3. The molecule has 8 heteroatoms. The molecule has 0 fully saturated rings. The average Bonchev–Trinajstić information content (AvgIpc) is 3.50. The third-order valence-corrected chi connectivity index (χ3v) is 12.9. The summed E-state index contributed by atoms with van der Waals surface area (Å²) in [7, 11) is 0. The van der Waals surface area contributed by atoms with Crippen molar-refractivity contribution in [2.45, 2.75) is 94.4 Å². The molecule has 2 aliphatic heterocycles. The Morgan fingerprint density at radius 3 is 2.30 bits per heavy atom. The number of allylic oxidation sites excluding steroid dienone is 6. The van der Waals surface area contributed by atoms with Crippen LogP contribution in [0.2, 0.25) is 0 Å². The first kappa shape index (κ1) is 39.4. The fraction of sp³-hybridized carbons (Fsp3) is 0.400. The van der Waals surface area contributed by atoms with Crippen LogP contribution in [0.1, 0.15) is 94.1 Å². The fourth-order valence-corrected chi connectivity index (χ4v) is 9.77. The molecule has 5 nitrogen and oxygen atoms in total. The van der Waals surface area contributed by atoms with Gasteiger partial charge in [0.2, 0.25) is 0 Å². The quantitative estimate of drug-likeness (QED) is 0.0814. The van der Waals surface area contributed by atoms with E-state index in [4.69, 9.17) is 4.18 Å². The monoisotopic (exact) mass is 766 g/mol. The van der Waals surface area contributed by atoms with Crippen LogP contribution >= 0.6 is 37.3 Å². The molecule has 3 aliphatic rings. The molecule has 1 N–H and O–H groups in total. The number of nitrogens with zero attached hydrogens (tertiary/aromatic N) is 2. The molecule has 0 saturated carbocycles. The largest absolute Gasteiger partial charge is 0.478 e. The Labute approximate surface area is 332 Å².